The van der Waals surface area contributed by atoms with Crippen LogP contribution in [0.4, 0.5) is 10.1 Å². The highest BCUT2D eigenvalue weighted by molar-refractivity contribution is 7.90. The molecule has 12 heteroatoms. The van der Waals surface area contributed by atoms with Crippen molar-refractivity contribution in [2.24, 2.45) is 0 Å². The molecule has 34 heavy (non-hydrogen) atoms. The van der Waals surface area contributed by atoms with E-state index in [4.69, 9.17) is 4.74 Å². The number of halogens is 1. The lowest BCUT2D eigenvalue weighted by Crippen LogP contribution is -2.43. The fourth-order valence-corrected chi connectivity index (χ4v) is 6.32. The predicted octanol–water partition coefficient (Wildman–Crippen LogP) is 2.24. The second-order valence-corrected chi connectivity index (χ2v) is 11.2. The maximum absolute atomic E-state index is 14.6. The average Bonchev–Trinajstić information content (AvgIpc) is 3.25. The van der Waals surface area contributed by atoms with Crippen LogP contribution in [0.15, 0.2) is 65.7 Å². The summed E-state index contributed by atoms with van der Waals surface area (Å²) in [5, 5.41) is 2.96. The largest absolute Gasteiger partial charge is 0.379 e. The predicted molar refractivity (Wildman–Crippen MR) is 127 cm³/mol. The minimum Gasteiger partial charge on any atom is -0.379 e. The van der Waals surface area contributed by atoms with Crippen LogP contribution in [0.1, 0.15) is 5.56 Å². The molecule has 1 aromatic heterocycles. The number of rotatable bonds is 8. The molecule has 3 aromatic rings. The first-order valence-corrected chi connectivity index (χ1v) is 13.4. The molecule has 0 spiro atoms. The van der Waals surface area contributed by atoms with Gasteiger partial charge in [-0.25, -0.2) is 16.8 Å². The zero-order valence-electron chi connectivity index (χ0n) is 18.4. The molecule has 1 aliphatic rings. The molecule has 1 aliphatic heterocycles. The van der Waals surface area contributed by atoms with Crippen molar-refractivity contribution in [1.29, 1.82) is 0 Å². The van der Waals surface area contributed by atoms with Crippen molar-refractivity contribution < 1.29 is 26.0 Å². The van der Waals surface area contributed by atoms with Crippen molar-refractivity contribution in [1.82, 2.24) is 13.6 Å². The monoisotopic (exact) mass is 508 g/mol. The molecule has 182 valence electrons. The maximum atomic E-state index is 14.6. The van der Waals surface area contributed by atoms with Gasteiger partial charge in [-0.1, -0.05) is 18.2 Å². The van der Waals surface area contributed by atoms with E-state index in [9.17, 15) is 21.2 Å². The van der Waals surface area contributed by atoms with Gasteiger partial charge in [-0.15, -0.1) is 0 Å². The number of anilines is 1. The van der Waals surface area contributed by atoms with Gasteiger partial charge in [-0.2, -0.15) is 12.7 Å². The zero-order valence-corrected chi connectivity index (χ0v) is 20.1. The molecule has 2 heterocycles. The zero-order chi connectivity index (χ0) is 24.3. The lowest BCUT2D eigenvalue weighted by molar-refractivity contribution is 0.0733. The van der Waals surface area contributed by atoms with E-state index in [0.29, 0.717) is 12.1 Å². The first kappa shape index (κ1) is 24.4. The second kappa shape index (κ2) is 9.84. The Morgan fingerprint density at radius 3 is 2.44 bits per heavy atom. The van der Waals surface area contributed by atoms with Gasteiger partial charge >= 0.3 is 10.2 Å². The summed E-state index contributed by atoms with van der Waals surface area (Å²) < 4.78 is 77.0. The van der Waals surface area contributed by atoms with E-state index in [-0.39, 0.29) is 48.1 Å². The number of nitrogens with zero attached hydrogens (tertiary/aromatic N) is 2. The smallest absolute Gasteiger partial charge is 0.301 e. The molecular weight excluding hydrogens is 483 g/mol. The minimum absolute atomic E-state index is 0.0996. The first-order chi connectivity index (χ1) is 16.2. The van der Waals surface area contributed by atoms with Crippen LogP contribution in [-0.4, -0.2) is 58.5 Å². The van der Waals surface area contributed by atoms with Gasteiger partial charge in [0.15, 0.2) is 0 Å². The van der Waals surface area contributed by atoms with Crippen molar-refractivity contribution >= 4 is 25.9 Å². The van der Waals surface area contributed by atoms with Gasteiger partial charge in [0.25, 0.3) is 10.0 Å². The molecule has 2 N–H and O–H groups in total. The summed E-state index contributed by atoms with van der Waals surface area (Å²) in [6, 6.07) is 13.1. The Morgan fingerprint density at radius 2 is 1.74 bits per heavy atom. The molecule has 0 aliphatic carbocycles. The maximum Gasteiger partial charge on any atom is 0.301 e. The standard InChI is InChI=1S/C22H25FN4O5S2/c1-24-15-17-13-22(20-7-2-3-8-21(20)23)27(16-17)33(28,29)19-6-4-5-18(14-19)25-34(30,31)26-9-11-32-12-10-26/h2-8,13-14,16,24-25H,9-12,15H2,1H3. The third-order valence-electron chi connectivity index (χ3n) is 5.32. The normalized spacial score (nSPS) is 15.4. The van der Waals surface area contributed by atoms with E-state index in [1.807, 2.05) is 0 Å². The van der Waals surface area contributed by atoms with Gasteiger partial charge in [0.2, 0.25) is 0 Å². The van der Waals surface area contributed by atoms with Gasteiger partial charge in [0.1, 0.15) is 5.82 Å². The fourth-order valence-electron chi connectivity index (χ4n) is 3.70. The Morgan fingerprint density at radius 1 is 1.00 bits per heavy atom. The van der Waals surface area contributed by atoms with Crippen molar-refractivity contribution in [3.8, 4) is 11.3 Å². The quantitative estimate of drug-likeness (QED) is 0.483. The summed E-state index contributed by atoms with van der Waals surface area (Å²) in [5.41, 5.74) is 1.05. The Kier molecular flexibility index (Phi) is 7.05. The molecule has 0 bridgehead atoms. The van der Waals surface area contributed by atoms with Crippen LogP contribution in [0.2, 0.25) is 0 Å². The van der Waals surface area contributed by atoms with Crippen LogP contribution in [0, 0.1) is 5.82 Å². The number of hydrogen-bond donors (Lipinski definition) is 2. The Balaban J connectivity index is 1.72. The van der Waals surface area contributed by atoms with E-state index >= 15 is 0 Å². The summed E-state index contributed by atoms with van der Waals surface area (Å²) in [6.45, 7) is 1.37. The summed E-state index contributed by atoms with van der Waals surface area (Å²) in [7, 11) is -6.34. The number of aromatic nitrogens is 1. The SMILES string of the molecule is CNCc1cc(-c2ccccc2F)n(S(=O)(=O)c2cccc(NS(=O)(=O)N3CCOCC3)c2)c1. The van der Waals surface area contributed by atoms with Crippen molar-refractivity contribution in [2.75, 3.05) is 38.1 Å². The molecule has 1 saturated heterocycles. The Hall–Kier alpha value is -2.77. The topological polar surface area (TPSA) is 110 Å². The van der Waals surface area contributed by atoms with Gasteiger partial charge < -0.3 is 10.1 Å². The molecule has 0 saturated carbocycles. The third kappa shape index (κ3) is 5.00. The van der Waals surface area contributed by atoms with E-state index in [0.717, 1.165) is 3.97 Å². The highest BCUT2D eigenvalue weighted by Gasteiger charge is 2.26. The van der Waals surface area contributed by atoms with E-state index < -0.39 is 26.0 Å². The van der Waals surface area contributed by atoms with E-state index in [2.05, 4.69) is 10.0 Å². The summed E-state index contributed by atoms with van der Waals surface area (Å²) in [4.78, 5) is -0.140. The third-order valence-corrected chi connectivity index (χ3v) is 8.53. The lowest BCUT2D eigenvalue weighted by atomic mass is 10.1. The van der Waals surface area contributed by atoms with Crippen LogP contribution in [0.3, 0.4) is 0 Å². The number of ether oxygens (including phenoxy) is 1. The summed E-state index contributed by atoms with van der Waals surface area (Å²) >= 11 is 0. The summed E-state index contributed by atoms with van der Waals surface area (Å²) in [6.07, 6.45) is 1.43. The molecule has 0 amide bonds. The van der Waals surface area contributed by atoms with Crippen LogP contribution < -0.4 is 10.0 Å². The molecule has 2 aromatic carbocycles. The lowest BCUT2D eigenvalue weighted by Gasteiger charge is -2.26. The molecule has 1 fully saturated rings. The molecule has 4 rings (SSSR count). The Labute approximate surface area is 198 Å². The highest BCUT2D eigenvalue weighted by Crippen LogP contribution is 2.30. The molecule has 0 atom stereocenters. The molecule has 0 unspecified atom stereocenters. The van der Waals surface area contributed by atoms with Crippen molar-refractivity contribution in [3.05, 3.63) is 72.2 Å². The van der Waals surface area contributed by atoms with Gasteiger partial charge in [-0.05, 0) is 49.0 Å². The van der Waals surface area contributed by atoms with Crippen LogP contribution in [0.5, 0.6) is 0 Å². The second-order valence-electron chi connectivity index (χ2n) is 7.69. The van der Waals surface area contributed by atoms with Crippen molar-refractivity contribution in [3.63, 3.8) is 0 Å². The van der Waals surface area contributed by atoms with Crippen molar-refractivity contribution in [2.45, 2.75) is 11.4 Å². The molecule has 0 radical (unpaired) electrons. The van der Waals surface area contributed by atoms with Gasteiger partial charge in [-0.3, -0.25) is 4.72 Å². The number of morpholine rings is 1. The number of hydrogen-bond acceptors (Lipinski definition) is 6. The highest BCUT2D eigenvalue weighted by atomic mass is 32.2. The first-order valence-electron chi connectivity index (χ1n) is 10.5. The molecular formula is C22H25FN4O5S2. The van der Waals surface area contributed by atoms with Crippen LogP contribution in [-0.2, 0) is 31.5 Å². The van der Waals surface area contributed by atoms with E-state index in [1.54, 1.807) is 19.2 Å². The summed E-state index contributed by atoms with van der Waals surface area (Å²) in [5.74, 6) is -0.555. The van der Waals surface area contributed by atoms with Crippen LogP contribution >= 0.6 is 0 Å². The number of benzene rings is 2. The minimum atomic E-state index is -4.18. The number of nitrogens with one attached hydrogen (secondary N) is 2. The van der Waals surface area contributed by atoms with Gasteiger partial charge in [0.05, 0.1) is 29.5 Å². The molecule has 9 nitrogen and oxygen atoms in total. The Bertz CT molecular complexity index is 1380. The average molecular weight is 509 g/mol. The fraction of sp³-hybridized carbons (Fsp3) is 0.273. The van der Waals surface area contributed by atoms with Gasteiger partial charge in [0, 0.05) is 31.4 Å². The van der Waals surface area contributed by atoms with Crippen LogP contribution in [0.25, 0.3) is 11.3 Å². The van der Waals surface area contributed by atoms with E-state index in [1.165, 1.54) is 53.0 Å².